The summed E-state index contributed by atoms with van der Waals surface area (Å²) in [4.78, 5) is 13.9. The Morgan fingerprint density at radius 2 is 1.73 bits per heavy atom. The molecule has 15 atom stereocenters. The van der Waals surface area contributed by atoms with Crippen molar-refractivity contribution >= 4 is 5.78 Å². The maximum absolute atomic E-state index is 13.9. The summed E-state index contributed by atoms with van der Waals surface area (Å²) in [6.45, 7) is 9.17. The number of carbonyl (C=O) groups excluding carboxylic acids is 1. The molecule has 8 N–H and O–H groups in total. The highest BCUT2D eigenvalue weighted by Crippen LogP contribution is 2.68. The van der Waals surface area contributed by atoms with Gasteiger partial charge in [0.25, 0.3) is 0 Å². The fourth-order valence-corrected chi connectivity index (χ4v) is 9.81. The summed E-state index contributed by atoms with van der Waals surface area (Å²) in [6, 6.07) is 0. The van der Waals surface area contributed by atoms with Crippen LogP contribution in [0.1, 0.15) is 86.0 Å². The highest BCUT2D eigenvalue weighted by atomic mass is 16.7. The van der Waals surface area contributed by atoms with E-state index in [9.17, 15) is 45.6 Å². The molecule has 0 bridgehead atoms. The Labute approximate surface area is 259 Å². The van der Waals surface area contributed by atoms with E-state index in [-0.39, 0.29) is 30.5 Å². The molecule has 252 valence electrons. The van der Waals surface area contributed by atoms with Crippen LogP contribution in [0.5, 0.6) is 0 Å². The molecule has 1 saturated heterocycles. The minimum absolute atomic E-state index is 0.126. The van der Waals surface area contributed by atoms with Crippen molar-refractivity contribution in [2.75, 3.05) is 6.61 Å². The van der Waals surface area contributed by atoms with Crippen LogP contribution in [0.4, 0.5) is 0 Å². The van der Waals surface area contributed by atoms with Crippen molar-refractivity contribution in [3.8, 4) is 0 Å². The van der Waals surface area contributed by atoms with Crippen molar-refractivity contribution in [1.82, 2.24) is 0 Å². The van der Waals surface area contributed by atoms with Crippen molar-refractivity contribution < 1.29 is 55.1 Å². The van der Waals surface area contributed by atoms with Gasteiger partial charge in [-0.15, -0.1) is 0 Å². The topological polar surface area (TPSA) is 197 Å². The highest BCUT2D eigenvalue weighted by Gasteiger charge is 2.69. The summed E-state index contributed by atoms with van der Waals surface area (Å²) in [6.07, 6.45) is -5.04. The lowest BCUT2D eigenvalue weighted by Crippen LogP contribution is -2.64. The van der Waals surface area contributed by atoms with E-state index >= 15 is 0 Å². The summed E-state index contributed by atoms with van der Waals surface area (Å²) in [5.41, 5.74) is -3.55. The fourth-order valence-electron chi connectivity index (χ4n) is 9.81. The Kier molecular flexibility index (Phi) is 9.30. The second kappa shape index (κ2) is 11.9. The third kappa shape index (κ3) is 5.23. The molecule has 3 saturated carbocycles. The van der Waals surface area contributed by atoms with E-state index in [0.29, 0.717) is 43.6 Å². The van der Waals surface area contributed by atoms with E-state index in [4.69, 9.17) is 9.47 Å². The minimum atomic E-state index is -1.62. The molecule has 44 heavy (non-hydrogen) atoms. The Hall–Kier alpha value is -0.990. The zero-order valence-electron chi connectivity index (χ0n) is 26.7. The van der Waals surface area contributed by atoms with Gasteiger partial charge in [0, 0.05) is 11.3 Å². The number of ether oxygens (including phenoxy) is 2. The largest absolute Gasteiger partial charge is 0.394 e. The molecule has 1 unspecified atom stereocenters. The SMILES string of the molecule is CC(C)CC[C@@H](O)[C@](C)(O)[C@H]1CCC2(O)C3=CC(=O)[C@@H]4C[C@@H](O[C@@H]5O[C@H](CO)[C@H](O)[C@H](O)[C@H]5O)[C@@H](O)C[C@]4(C)[C@H]3CC[C@]12C. The van der Waals surface area contributed by atoms with E-state index in [2.05, 4.69) is 13.8 Å². The average Bonchev–Trinajstić information content (AvgIpc) is 3.24. The number of aliphatic hydroxyl groups is 8. The van der Waals surface area contributed by atoms with Gasteiger partial charge in [0.2, 0.25) is 0 Å². The maximum Gasteiger partial charge on any atom is 0.187 e. The average molecular weight is 627 g/mol. The van der Waals surface area contributed by atoms with Crippen molar-refractivity contribution in [2.24, 2.45) is 34.5 Å². The predicted octanol–water partition coefficient (Wildman–Crippen LogP) is 0.563. The molecule has 11 nitrogen and oxygen atoms in total. The van der Waals surface area contributed by atoms with Crippen LogP contribution in [0, 0.1) is 34.5 Å². The van der Waals surface area contributed by atoms with Crippen molar-refractivity contribution in [3.05, 3.63) is 11.6 Å². The van der Waals surface area contributed by atoms with Crippen LogP contribution in [0.3, 0.4) is 0 Å². The third-order valence-electron chi connectivity index (χ3n) is 12.6. The van der Waals surface area contributed by atoms with Crippen LogP contribution in [0.2, 0.25) is 0 Å². The number of rotatable bonds is 8. The Bertz CT molecular complexity index is 1110. The first-order valence-electron chi connectivity index (χ1n) is 16.4. The number of aliphatic hydroxyl groups excluding tert-OH is 6. The predicted molar refractivity (Wildman–Crippen MR) is 158 cm³/mol. The second-order valence-corrected chi connectivity index (χ2v) is 15.6. The fraction of sp³-hybridized carbons (Fsp3) is 0.909. The number of hydrogen-bond donors (Lipinski definition) is 8. The third-order valence-corrected chi connectivity index (χ3v) is 12.6. The molecule has 0 spiro atoms. The van der Waals surface area contributed by atoms with Crippen LogP contribution in [-0.2, 0) is 14.3 Å². The zero-order valence-corrected chi connectivity index (χ0v) is 26.7. The molecule has 0 aromatic rings. The van der Waals surface area contributed by atoms with Gasteiger partial charge >= 0.3 is 0 Å². The Balaban J connectivity index is 1.38. The maximum atomic E-state index is 13.9. The first-order valence-corrected chi connectivity index (χ1v) is 16.4. The lowest BCUT2D eigenvalue weighted by atomic mass is 9.45. The van der Waals surface area contributed by atoms with Crippen molar-refractivity contribution in [3.63, 3.8) is 0 Å². The van der Waals surface area contributed by atoms with E-state index in [1.807, 2.05) is 13.8 Å². The molecule has 4 fully saturated rings. The summed E-state index contributed by atoms with van der Waals surface area (Å²) >= 11 is 0. The molecule has 11 heteroatoms. The van der Waals surface area contributed by atoms with Crippen LogP contribution in [0.15, 0.2) is 11.6 Å². The molecule has 1 aliphatic heterocycles. The molecular weight excluding hydrogens is 572 g/mol. The van der Waals surface area contributed by atoms with Gasteiger partial charge in [-0.1, -0.05) is 27.7 Å². The van der Waals surface area contributed by atoms with Gasteiger partial charge in [-0.05, 0) is 93.1 Å². The van der Waals surface area contributed by atoms with Crippen LogP contribution < -0.4 is 0 Å². The summed E-state index contributed by atoms with van der Waals surface area (Å²) in [5, 5.41) is 86.9. The first-order chi connectivity index (χ1) is 20.4. The van der Waals surface area contributed by atoms with E-state index < -0.39 is 83.6 Å². The van der Waals surface area contributed by atoms with Crippen LogP contribution >= 0.6 is 0 Å². The van der Waals surface area contributed by atoms with Gasteiger partial charge in [-0.2, -0.15) is 0 Å². The van der Waals surface area contributed by atoms with E-state index in [0.717, 1.165) is 6.42 Å². The number of ketones is 1. The second-order valence-electron chi connectivity index (χ2n) is 15.6. The monoisotopic (exact) mass is 626 g/mol. The standard InChI is InChI=1S/C33H54O11/c1-16(2)6-7-25(37)32(5,41)24-9-11-33(42)18-12-20(35)19-13-22(43-29-28(40)27(39)26(38)23(15-34)44-29)21(36)14-30(19,3)17(18)8-10-31(24,33)4/h12,16-17,19,21-29,34,36-42H,6-11,13-15H2,1-5H3/t17-,19-,21-,22+,23+,24-,25+,26-,27-,28+,29+,30+,31+,32+,33?/m0/s1. The minimum Gasteiger partial charge on any atom is -0.394 e. The molecule has 4 aliphatic carbocycles. The lowest BCUT2D eigenvalue weighted by Gasteiger charge is -2.61. The van der Waals surface area contributed by atoms with Gasteiger partial charge in [0.05, 0.1) is 36.1 Å². The molecule has 0 aromatic carbocycles. The number of fused-ring (bicyclic) bond motifs is 5. The molecular formula is C33H54O11. The zero-order chi connectivity index (χ0) is 32.6. The molecule has 5 aliphatic rings. The number of allylic oxidation sites excluding steroid dienone is 1. The van der Waals surface area contributed by atoms with Gasteiger partial charge < -0.3 is 50.3 Å². The summed E-state index contributed by atoms with van der Waals surface area (Å²) in [5.74, 6) is -0.913. The molecule has 1 heterocycles. The lowest BCUT2D eigenvalue weighted by molar-refractivity contribution is -0.322. The number of hydrogen-bond acceptors (Lipinski definition) is 11. The van der Waals surface area contributed by atoms with Gasteiger partial charge in [-0.3, -0.25) is 4.79 Å². The van der Waals surface area contributed by atoms with Crippen LogP contribution in [-0.4, -0.2) is 113 Å². The molecule has 0 aromatic heterocycles. The Morgan fingerprint density at radius 1 is 1.05 bits per heavy atom. The normalized spacial score (nSPS) is 49.5. The van der Waals surface area contributed by atoms with E-state index in [1.165, 1.54) is 0 Å². The molecule has 0 amide bonds. The van der Waals surface area contributed by atoms with Crippen molar-refractivity contribution in [1.29, 1.82) is 0 Å². The summed E-state index contributed by atoms with van der Waals surface area (Å²) < 4.78 is 11.4. The Morgan fingerprint density at radius 3 is 2.36 bits per heavy atom. The van der Waals surface area contributed by atoms with Gasteiger partial charge in [-0.25, -0.2) is 0 Å². The van der Waals surface area contributed by atoms with Crippen LogP contribution in [0.25, 0.3) is 0 Å². The van der Waals surface area contributed by atoms with Crippen molar-refractivity contribution in [2.45, 2.75) is 146 Å². The van der Waals surface area contributed by atoms with E-state index in [1.54, 1.807) is 13.0 Å². The smallest absolute Gasteiger partial charge is 0.187 e. The number of carbonyl (C=O) groups is 1. The van der Waals surface area contributed by atoms with Gasteiger partial charge in [0.15, 0.2) is 12.1 Å². The summed E-state index contributed by atoms with van der Waals surface area (Å²) in [7, 11) is 0. The quantitative estimate of drug-likeness (QED) is 0.187. The molecule has 0 radical (unpaired) electrons. The van der Waals surface area contributed by atoms with Gasteiger partial charge in [0.1, 0.15) is 24.4 Å². The first kappa shape index (κ1) is 34.3. The molecule has 5 rings (SSSR count). The highest BCUT2D eigenvalue weighted by molar-refractivity contribution is 5.95.